The van der Waals surface area contributed by atoms with Crippen LogP contribution < -0.4 is 5.32 Å². The second-order valence-electron chi connectivity index (χ2n) is 11.5. The van der Waals surface area contributed by atoms with Crippen LogP contribution in [0.2, 0.25) is 0 Å². The Morgan fingerprint density at radius 2 is 1.72 bits per heavy atom. The second kappa shape index (κ2) is 11.9. The lowest BCUT2D eigenvalue weighted by Crippen LogP contribution is -2.36. The molecule has 222 valence electrons. The van der Waals surface area contributed by atoms with E-state index >= 15 is 0 Å². The van der Waals surface area contributed by atoms with Crippen LogP contribution in [0.3, 0.4) is 0 Å². The number of benzene rings is 3. The largest absolute Gasteiger partial charge is 0.479 e. The maximum atomic E-state index is 13.4. The quantitative estimate of drug-likeness (QED) is 0.182. The van der Waals surface area contributed by atoms with Crippen LogP contribution in [-0.4, -0.2) is 27.7 Å². The summed E-state index contributed by atoms with van der Waals surface area (Å²) >= 11 is 0. The Bertz CT molecular complexity index is 1760. The van der Waals surface area contributed by atoms with Crippen molar-refractivity contribution in [1.82, 2.24) is 10.5 Å². The number of furan rings is 1. The third kappa shape index (κ3) is 6.39. The zero-order chi connectivity index (χ0) is 30.9. The Labute approximate surface area is 250 Å². The molecule has 0 aliphatic carbocycles. The topological polar surface area (TPSA) is 115 Å². The van der Waals surface area contributed by atoms with Gasteiger partial charge in [-0.3, -0.25) is 4.79 Å². The van der Waals surface area contributed by atoms with Crippen LogP contribution in [0.1, 0.15) is 76.6 Å². The fourth-order valence-corrected chi connectivity index (χ4v) is 5.35. The summed E-state index contributed by atoms with van der Waals surface area (Å²) in [4.78, 5) is 25.3. The highest BCUT2D eigenvalue weighted by molar-refractivity contribution is 5.83. The summed E-state index contributed by atoms with van der Waals surface area (Å²) in [6.07, 6.45) is -0.693. The number of rotatable bonds is 10. The summed E-state index contributed by atoms with van der Waals surface area (Å²) in [5.41, 5.74) is 5.43. The van der Waals surface area contributed by atoms with E-state index in [1.54, 1.807) is 13.8 Å². The van der Waals surface area contributed by atoms with E-state index in [2.05, 4.69) is 42.5 Å². The molecule has 0 aliphatic rings. The van der Waals surface area contributed by atoms with Crippen LogP contribution in [0.15, 0.2) is 81.7 Å². The Kier molecular flexibility index (Phi) is 8.24. The van der Waals surface area contributed by atoms with E-state index in [4.69, 9.17) is 13.7 Å². The molecular weight excluding hydrogens is 544 g/mol. The van der Waals surface area contributed by atoms with E-state index in [1.807, 2.05) is 54.6 Å². The van der Waals surface area contributed by atoms with Crippen LogP contribution in [-0.2, 0) is 20.7 Å². The molecule has 0 fully saturated rings. The molecule has 1 amide bonds. The number of hydrogen-bond donors (Lipinski definition) is 2. The van der Waals surface area contributed by atoms with Crippen LogP contribution in [0.25, 0.3) is 11.0 Å². The summed E-state index contributed by atoms with van der Waals surface area (Å²) in [6, 6.07) is 23.3. The number of aliphatic carboxylic acids is 1. The molecule has 0 unspecified atom stereocenters. The third-order valence-electron chi connectivity index (χ3n) is 7.68. The monoisotopic (exact) mass is 580 g/mol. The number of aromatic nitrogens is 1. The average molecular weight is 581 g/mol. The van der Waals surface area contributed by atoms with Crippen molar-refractivity contribution < 1.29 is 28.4 Å². The van der Waals surface area contributed by atoms with Gasteiger partial charge in [0.25, 0.3) is 0 Å². The molecule has 5 rings (SSSR count). The molecule has 3 aromatic carbocycles. The molecule has 0 bridgehead atoms. The first-order chi connectivity index (χ1) is 20.4. The number of carbonyl (C=O) groups excluding carboxylic acids is 1. The molecule has 2 aromatic heterocycles. The van der Waals surface area contributed by atoms with Gasteiger partial charge in [0, 0.05) is 5.39 Å². The fourth-order valence-electron chi connectivity index (χ4n) is 5.35. The van der Waals surface area contributed by atoms with Crippen molar-refractivity contribution >= 4 is 22.8 Å². The molecule has 2 atom stereocenters. The first-order valence-electron chi connectivity index (χ1n) is 14.2. The summed E-state index contributed by atoms with van der Waals surface area (Å²) in [6.45, 7) is 10.6. The number of nitrogens with one attached hydrogen (secondary N) is 1. The number of carboxylic acids is 1. The van der Waals surface area contributed by atoms with Gasteiger partial charge in [-0.05, 0) is 82.0 Å². The summed E-state index contributed by atoms with van der Waals surface area (Å²) in [7, 11) is 0. The first kappa shape index (κ1) is 29.8. The normalized spacial score (nSPS) is 13.2. The minimum Gasteiger partial charge on any atom is -0.479 e. The predicted molar refractivity (Wildman–Crippen MR) is 163 cm³/mol. The average Bonchev–Trinajstić information content (AvgIpc) is 3.53. The lowest BCUT2D eigenvalue weighted by Gasteiger charge is -2.26. The summed E-state index contributed by atoms with van der Waals surface area (Å²) in [5, 5.41) is 17.8. The Balaban J connectivity index is 1.42. The fraction of sp³-hybridized carbons (Fsp3) is 0.286. The van der Waals surface area contributed by atoms with E-state index in [1.165, 1.54) is 19.4 Å². The molecule has 2 N–H and O–H groups in total. The van der Waals surface area contributed by atoms with E-state index in [0.29, 0.717) is 28.4 Å². The van der Waals surface area contributed by atoms with Gasteiger partial charge in [0.15, 0.2) is 5.60 Å². The van der Waals surface area contributed by atoms with Crippen LogP contribution >= 0.6 is 0 Å². The van der Waals surface area contributed by atoms with Gasteiger partial charge < -0.3 is 24.1 Å². The molecule has 0 radical (unpaired) electrons. The minimum absolute atomic E-state index is 0.114. The van der Waals surface area contributed by atoms with Crippen molar-refractivity contribution in [3.8, 4) is 0 Å². The minimum atomic E-state index is -1.51. The van der Waals surface area contributed by atoms with Crippen molar-refractivity contribution in [3.63, 3.8) is 0 Å². The molecule has 0 saturated heterocycles. The molecule has 43 heavy (non-hydrogen) atoms. The van der Waals surface area contributed by atoms with Gasteiger partial charge in [-0.25, -0.2) is 4.79 Å². The van der Waals surface area contributed by atoms with Crippen molar-refractivity contribution in [1.29, 1.82) is 0 Å². The highest BCUT2D eigenvalue weighted by Gasteiger charge is 2.37. The third-order valence-corrected chi connectivity index (χ3v) is 7.68. The molecule has 0 saturated carbocycles. The van der Waals surface area contributed by atoms with Gasteiger partial charge in [0.1, 0.15) is 23.2 Å². The smallest absolute Gasteiger partial charge is 0.335 e. The maximum absolute atomic E-state index is 13.4. The summed E-state index contributed by atoms with van der Waals surface area (Å²) in [5.74, 6) is -0.294. The van der Waals surface area contributed by atoms with Crippen molar-refractivity contribution in [3.05, 3.63) is 123 Å². The highest BCUT2D eigenvalue weighted by atomic mass is 16.5. The molecular formula is C35H36N2O6. The Morgan fingerprint density at radius 1 is 0.977 bits per heavy atom. The van der Waals surface area contributed by atoms with Gasteiger partial charge in [-0.1, -0.05) is 65.3 Å². The van der Waals surface area contributed by atoms with Crippen LogP contribution in [0, 0.1) is 27.7 Å². The van der Waals surface area contributed by atoms with Gasteiger partial charge in [-0.2, -0.15) is 0 Å². The van der Waals surface area contributed by atoms with Gasteiger partial charge in [-0.15, -0.1) is 0 Å². The van der Waals surface area contributed by atoms with E-state index in [9.17, 15) is 14.7 Å². The van der Waals surface area contributed by atoms with E-state index in [-0.39, 0.29) is 18.4 Å². The molecule has 0 spiro atoms. The molecule has 8 nitrogen and oxygen atoms in total. The van der Waals surface area contributed by atoms with Crippen molar-refractivity contribution in [2.45, 2.75) is 65.7 Å². The number of nitrogens with zero attached hydrogens (tertiary/aromatic N) is 1. The number of carbonyl (C=O) groups is 2. The molecule has 8 heteroatoms. The Hall–Kier alpha value is -4.69. The Morgan fingerprint density at radius 3 is 2.37 bits per heavy atom. The second-order valence-corrected chi connectivity index (χ2v) is 11.5. The van der Waals surface area contributed by atoms with Crippen molar-refractivity contribution in [2.24, 2.45) is 0 Å². The standard InChI is InChI=1S/C35H36N2O6/c1-20-12-14-27(21(2)16-20)32(25-10-8-7-9-11-25)36-30(38)18-24-13-15-28-26(17-24)19-29(41-28)33(42-35(5,6)34(39)40)31-22(3)37-43-23(31)4/h7-17,19,32-33H,18H2,1-6H3,(H,36,38)(H,39,40)/t32-,33+/m0/s1. The van der Waals surface area contributed by atoms with Gasteiger partial charge >= 0.3 is 5.97 Å². The molecule has 0 aliphatic heterocycles. The number of hydrogen-bond acceptors (Lipinski definition) is 6. The zero-order valence-corrected chi connectivity index (χ0v) is 25.2. The maximum Gasteiger partial charge on any atom is 0.335 e. The summed E-state index contributed by atoms with van der Waals surface area (Å²) < 4.78 is 17.6. The zero-order valence-electron chi connectivity index (χ0n) is 25.2. The lowest BCUT2D eigenvalue weighted by atomic mass is 9.93. The molecule has 2 heterocycles. The van der Waals surface area contributed by atoms with E-state index < -0.39 is 17.7 Å². The molecule has 5 aromatic rings. The van der Waals surface area contributed by atoms with E-state index in [0.717, 1.165) is 27.6 Å². The SMILES string of the molecule is Cc1ccc([C@@H](NC(=O)Cc2ccc3oc([C@@H](OC(C)(C)C(=O)O)c4c(C)noc4C)cc3c2)c2ccccc2)c(C)c1. The highest BCUT2D eigenvalue weighted by Crippen LogP contribution is 2.37. The number of carboxylic acid groups (broad SMARTS) is 1. The number of amides is 1. The lowest BCUT2D eigenvalue weighted by molar-refractivity contribution is -0.166. The number of aryl methyl sites for hydroxylation is 4. The number of fused-ring (bicyclic) bond motifs is 1. The van der Waals surface area contributed by atoms with Crippen LogP contribution in [0.4, 0.5) is 0 Å². The number of ether oxygens (including phenoxy) is 1. The van der Waals surface area contributed by atoms with Gasteiger partial charge in [0.2, 0.25) is 5.91 Å². The van der Waals surface area contributed by atoms with Crippen LogP contribution in [0.5, 0.6) is 0 Å². The predicted octanol–water partition coefficient (Wildman–Crippen LogP) is 7.07. The first-order valence-corrected chi connectivity index (χ1v) is 14.2. The van der Waals surface area contributed by atoms with Crippen molar-refractivity contribution in [2.75, 3.05) is 0 Å². The van der Waals surface area contributed by atoms with Gasteiger partial charge in [0.05, 0.1) is 23.7 Å².